The molecule has 0 unspecified atom stereocenters. The molecule has 3 rings (SSSR count). The summed E-state index contributed by atoms with van der Waals surface area (Å²) in [5, 5.41) is 4.31. The van der Waals surface area contributed by atoms with Crippen LogP contribution in [0.5, 0.6) is 0 Å². The van der Waals surface area contributed by atoms with Crippen molar-refractivity contribution in [2.75, 3.05) is 5.73 Å². The summed E-state index contributed by atoms with van der Waals surface area (Å²) < 4.78 is 41.5. The van der Waals surface area contributed by atoms with E-state index in [4.69, 9.17) is 10.3 Å². The highest BCUT2D eigenvalue weighted by molar-refractivity contribution is 7.22. The normalized spacial score (nSPS) is 12.1. The second kappa shape index (κ2) is 4.99. The summed E-state index contributed by atoms with van der Waals surface area (Å²) in [6.45, 7) is 0. The molecule has 0 aliphatic heterocycles. The third-order valence-corrected chi connectivity index (χ3v) is 3.92. The zero-order valence-corrected chi connectivity index (χ0v) is 11.3. The number of nitrogens with zero attached hydrogens (tertiary/aromatic N) is 3. The lowest BCUT2D eigenvalue weighted by Crippen LogP contribution is -2.09. The molecule has 2 N–H and O–H groups in total. The first-order valence-corrected chi connectivity index (χ1v) is 6.78. The lowest BCUT2D eigenvalue weighted by Gasteiger charge is -2.01. The van der Waals surface area contributed by atoms with Crippen LogP contribution in [-0.2, 0) is 6.42 Å². The van der Waals surface area contributed by atoms with Crippen molar-refractivity contribution < 1.29 is 17.7 Å². The van der Waals surface area contributed by atoms with E-state index >= 15 is 0 Å². The Morgan fingerprint density at radius 3 is 2.86 bits per heavy atom. The number of fused-ring (bicyclic) bond motifs is 1. The smallest absolute Gasteiger partial charge is 0.389 e. The van der Waals surface area contributed by atoms with Gasteiger partial charge in [0.1, 0.15) is 9.71 Å². The lowest BCUT2D eigenvalue weighted by atomic mass is 10.2. The molecule has 0 radical (unpaired) electrons. The fourth-order valence-corrected chi connectivity index (χ4v) is 2.80. The van der Waals surface area contributed by atoms with Gasteiger partial charge in [-0.1, -0.05) is 5.16 Å². The first kappa shape index (κ1) is 13.8. The predicted octanol–water partition coefficient (Wildman–Crippen LogP) is 3.42. The van der Waals surface area contributed by atoms with Crippen molar-refractivity contribution in [2.45, 2.75) is 19.0 Å². The summed E-state index contributed by atoms with van der Waals surface area (Å²) in [6.07, 6.45) is -3.93. The highest BCUT2D eigenvalue weighted by Crippen LogP contribution is 2.38. The average Bonchev–Trinajstić information content (AvgIpc) is 3.01. The van der Waals surface area contributed by atoms with Crippen LogP contribution in [0.2, 0.25) is 0 Å². The fraction of sp³-hybridized carbons (Fsp3) is 0.250. The molecule has 0 saturated carbocycles. The number of hydrogen-bond acceptors (Lipinski definition) is 6. The number of halogens is 3. The summed E-state index contributed by atoms with van der Waals surface area (Å²) >= 11 is 1.26. The van der Waals surface area contributed by atoms with E-state index in [1.165, 1.54) is 11.3 Å². The number of anilines is 1. The van der Waals surface area contributed by atoms with E-state index in [0.717, 1.165) is 5.39 Å². The van der Waals surface area contributed by atoms with Gasteiger partial charge in [0.15, 0.2) is 5.82 Å². The largest absolute Gasteiger partial charge is 0.397 e. The Kier molecular flexibility index (Phi) is 3.28. The van der Waals surface area contributed by atoms with E-state index in [1.807, 2.05) is 0 Å². The van der Waals surface area contributed by atoms with Crippen molar-refractivity contribution in [3.05, 3.63) is 24.2 Å². The minimum Gasteiger partial charge on any atom is -0.397 e. The molecule has 110 valence electrons. The van der Waals surface area contributed by atoms with Gasteiger partial charge in [-0.25, -0.2) is 4.98 Å². The number of thiophene rings is 1. The minimum atomic E-state index is -4.25. The third kappa shape index (κ3) is 2.82. The lowest BCUT2D eigenvalue weighted by molar-refractivity contribution is -0.134. The molecule has 5 nitrogen and oxygen atoms in total. The Morgan fingerprint density at radius 2 is 2.14 bits per heavy atom. The zero-order valence-electron chi connectivity index (χ0n) is 10.5. The van der Waals surface area contributed by atoms with Crippen LogP contribution < -0.4 is 5.73 Å². The Hall–Kier alpha value is -2.16. The fourth-order valence-electron chi connectivity index (χ4n) is 1.81. The number of nitrogen functional groups attached to an aromatic ring is 1. The minimum absolute atomic E-state index is 0.00661. The average molecular weight is 314 g/mol. The third-order valence-electron chi connectivity index (χ3n) is 2.80. The first-order chi connectivity index (χ1) is 9.94. The van der Waals surface area contributed by atoms with Crippen LogP contribution in [0.4, 0.5) is 18.9 Å². The summed E-state index contributed by atoms with van der Waals surface area (Å²) in [7, 11) is 0. The molecule has 0 saturated heterocycles. The quantitative estimate of drug-likeness (QED) is 0.801. The number of aromatic nitrogens is 3. The van der Waals surface area contributed by atoms with Crippen LogP contribution in [0.25, 0.3) is 21.0 Å². The van der Waals surface area contributed by atoms with E-state index in [0.29, 0.717) is 15.4 Å². The van der Waals surface area contributed by atoms with Crippen LogP contribution in [0.1, 0.15) is 12.2 Å². The van der Waals surface area contributed by atoms with Crippen molar-refractivity contribution >= 4 is 27.2 Å². The molecule has 3 aromatic heterocycles. The Bertz CT molecular complexity index is 780. The maximum atomic E-state index is 12.2. The van der Waals surface area contributed by atoms with Gasteiger partial charge in [0.2, 0.25) is 0 Å². The van der Waals surface area contributed by atoms with Gasteiger partial charge in [-0.05, 0) is 12.1 Å². The zero-order chi connectivity index (χ0) is 15.0. The van der Waals surface area contributed by atoms with Crippen molar-refractivity contribution in [2.24, 2.45) is 0 Å². The SMILES string of the molecule is Nc1c(-c2nc(CCC(F)(F)F)no2)sc2ncccc12. The molecule has 0 aromatic carbocycles. The monoisotopic (exact) mass is 314 g/mol. The van der Waals surface area contributed by atoms with E-state index in [-0.39, 0.29) is 18.1 Å². The van der Waals surface area contributed by atoms with Crippen LogP contribution in [0.15, 0.2) is 22.9 Å². The summed E-state index contributed by atoms with van der Waals surface area (Å²) in [4.78, 5) is 9.36. The van der Waals surface area contributed by atoms with Gasteiger partial charge in [-0.3, -0.25) is 0 Å². The standard InChI is InChI=1S/C12H9F3N4OS/c13-12(14,15)4-3-7-18-10(20-19-7)9-8(16)6-2-1-5-17-11(6)21-9/h1-2,5H,3-4,16H2. The molecule has 0 bridgehead atoms. The predicted molar refractivity (Wildman–Crippen MR) is 71.7 cm³/mol. The number of alkyl halides is 3. The van der Waals surface area contributed by atoms with Crippen LogP contribution in [-0.4, -0.2) is 21.3 Å². The second-order valence-electron chi connectivity index (χ2n) is 4.33. The number of nitrogens with two attached hydrogens (primary N) is 1. The Morgan fingerprint density at radius 1 is 1.33 bits per heavy atom. The molecule has 0 aliphatic rings. The van der Waals surface area contributed by atoms with Gasteiger partial charge in [-0.2, -0.15) is 18.2 Å². The molecule has 0 aliphatic carbocycles. The molecule has 0 spiro atoms. The summed E-state index contributed by atoms with van der Waals surface area (Å²) in [5.74, 6) is 0.125. The highest BCUT2D eigenvalue weighted by Gasteiger charge is 2.28. The molecule has 0 atom stereocenters. The van der Waals surface area contributed by atoms with Gasteiger partial charge in [0.05, 0.1) is 12.1 Å². The highest BCUT2D eigenvalue weighted by atomic mass is 32.1. The van der Waals surface area contributed by atoms with Gasteiger partial charge in [-0.15, -0.1) is 11.3 Å². The van der Waals surface area contributed by atoms with Crippen molar-refractivity contribution in [1.82, 2.24) is 15.1 Å². The topological polar surface area (TPSA) is 77.8 Å². The molecule has 9 heteroatoms. The summed E-state index contributed by atoms with van der Waals surface area (Å²) in [5.41, 5.74) is 6.43. The number of pyridine rings is 1. The number of hydrogen-bond donors (Lipinski definition) is 1. The maximum Gasteiger partial charge on any atom is 0.389 e. The maximum absolute atomic E-state index is 12.2. The van der Waals surface area contributed by atoms with Gasteiger partial charge in [0, 0.05) is 18.0 Å². The van der Waals surface area contributed by atoms with Crippen molar-refractivity contribution in [3.63, 3.8) is 0 Å². The van der Waals surface area contributed by atoms with Crippen molar-refractivity contribution in [3.8, 4) is 10.8 Å². The van der Waals surface area contributed by atoms with Crippen molar-refractivity contribution in [1.29, 1.82) is 0 Å². The summed E-state index contributed by atoms with van der Waals surface area (Å²) in [6, 6.07) is 3.55. The number of aryl methyl sites for hydroxylation is 1. The molecule has 0 amide bonds. The Balaban J connectivity index is 1.89. The molecular formula is C12H9F3N4OS. The second-order valence-corrected chi connectivity index (χ2v) is 5.33. The molecular weight excluding hydrogens is 305 g/mol. The van der Waals surface area contributed by atoms with Crippen LogP contribution in [0, 0.1) is 0 Å². The van der Waals surface area contributed by atoms with Gasteiger partial charge < -0.3 is 10.3 Å². The van der Waals surface area contributed by atoms with E-state index in [1.54, 1.807) is 18.3 Å². The van der Waals surface area contributed by atoms with Crippen LogP contribution >= 0.6 is 11.3 Å². The molecule has 0 fully saturated rings. The van der Waals surface area contributed by atoms with Gasteiger partial charge in [0.25, 0.3) is 5.89 Å². The molecule has 21 heavy (non-hydrogen) atoms. The first-order valence-electron chi connectivity index (χ1n) is 5.97. The number of rotatable bonds is 3. The van der Waals surface area contributed by atoms with Crippen LogP contribution in [0.3, 0.4) is 0 Å². The molecule has 3 heterocycles. The van der Waals surface area contributed by atoms with Gasteiger partial charge >= 0.3 is 6.18 Å². The van der Waals surface area contributed by atoms with E-state index in [2.05, 4.69) is 15.1 Å². The Labute approximate surface area is 120 Å². The van der Waals surface area contributed by atoms with E-state index < -0.39 is 12.6 Å². The molecule has 3 aromatic rings. The van der Waals surface area contributed by atoms with E-state index in [9.17, 15) is 13.2 Å².